The van der Waals surface area contributed by atoms with Crippen molar-refractivity contribution < 1.29 is 4.79 Å². The van der Waals surface area contributed by atoms with Crippen LogP contribution in [0.3, 0.4) is 0 Å². The zero-order valence-corrected chi connectivity index (χ0v) is 13.4. The largest absolute Gasteiger partial charge is 0.344 e. The molecular formula is C16H22N6O. The summed E-state index contributed by atoms with van der Waals surface area (Å²) in [6.45, 7) is 8.01. The van der Waals surface area contributed by atoms with Crippen molar-refractivity contribution in [2.24, 2.45) is 0 Å². The number of carbonyl (C=O) groups is 1. The van der Waals surface area contributed by atoms with Crippen LogP contribution in [0.5, 0.6) is 0 Å². The Kier molecular flexibility index (Phi) is 4.57. The van der Waals surface area contributed by atoms with Crippen LogP contribution in [0.1, 0.15) is 31.7 Å². The first-order valence-corrected chi connectivity index (χ1v) is 8.01. The molecule has 0 fully saturated rings. The normalized spacial score (nSPS) is 13.8. The van der Waals surface area contributed by atoms with Gasteiger partial charge < -0.3 is 10.7 Å². The second-order valence-corrected chi connectivity index (χ2v) is 5.67. The molecule has 0 saturated carbocycles. The summed E-state index contributed by atoms with van der Waals surface area (Å²) in [6.07, 6.45) is 8.74. The number of carbonyl (C=O) groups excluding carboxylic acids is 1. The lowest BCUT2D eigenvalue weighted by atomic mass is 10.2. The minimum Gasteiger partial charge on any atom is -0.333 e. The molecule has 0 aliphatic carbocycles. The standard InChI is InChI=1S/C16H22N6O/c1-3-5-6-8-21-11-12-9-18-15-13(14(12)20-21)10-19-22(15)16(23)17-7-4-2/h4,9-10,20H,2-3,5-8,11H2,1H3,(H,17,23). The molecule has 0 radical (unpaired) electrons. The summed E-state index contributed by atoms with van der Waals surface area (Å²) in [5, 5.41) is 9.95. The Morgan fingerprint density at radius 1 is 1.48 bits per heavy atom. The van der Waals surface area contributed by atoms with E-state index in [0.717, 1.165) is 36.1 Å². The van der Waals surface area contributed by atoms with Gasteiger partial charge in [-0.25, -0.2) is 14.8 Å². The van der Waals surface area contributed by atoms with E-state index in [2.05, 4.69) is 39.3 Å². The number of amides is 1. The van der Waals surface area contributed by atoms with Crippen LogP contribution in [0.4, 0.5) is 10.5 Å². The Bertz CT molecular complexity index is 723. The molecule has 122 valence electrons. The summed E-state index contributed by atoms with van der Waals surface area (Å²) in [6, 6.07) is -0.301. The predicted molar refractivity (Wildman–Crippen MR) is 90.1 cm³/mol. The first kappa shape index (κ1) is 15.5. The minimum absolute atomic E-state index is 0.301. The summed E-state index contributed by atoms with van der Waals surface area (Å²) < 4.78 is 1.29. The van der Waals surface area contributed by atoms with Crippen molar-refractivity contribution in [3.8, 4) is 0 Å². The van der Waals surface area contributed by atoms with Crippen molar-refractivity contribution >= 4 is 22.8 Å². The molecule has 0 atom stereocenters. The van der Waals surface area contributed by atoms with Gasteiger partial charge in [-0.05, 0) is 6.42 Å². The molecule has 0 unspecified atom stereocenters. The number of hydrogen-bond donors (Lipinski definition) is 2. The molecular weight excluding hydrogens is 292 g/mol. The van der Waals surface area contributed by atoms with E-state index in [1.807, 2.05) is 6.20 Å². The number of hydrazine groups is 1. The molecule has 23 heavy (non-hydrogen) atoms. The van der Waals surface area contributed by atoms with Crippen molar-refractivity contribution in [1.29, 1.82) is 0 Å². The fourth-order valence-corrected chi connectivity index (χ4v) is 2.74. The number of anilines is 1. The number of pyridine rings is 1. The van der Waals surface area contributed by atoms with Gasteiger partial charge in [0.1, 0.15) is 0 Å². The van der Waals surface area contributed by atoms with Crippen LogP contribution >= 0.6 is 0 Å². The van der Waals surface area contributed by atoms with Crippen molar-refractivity contribution in [3.05, 3.63) is 30.6 Å². The summed E-state index contributed by atoms with van der Waals surface area (Å²) in [5.41, 5.74) is 6.13. The van der Waals surface area contributed by atoms with Crippen molar-refractivity contribution in [2.75, 3.05) is 18.5 Å². The lowest BCUT2D eigenvalue weighted by Gasteiger charge is -2.15. The van der Waals surface area contributed by atoms with Gasteiger partial charge in [0.15, 0.2) is 5.65 Å². The SMILES string of the molecule is C=CCNC(=O)n1ncc2c3c(cnc21)CN(CCCCC)N3. The molecule has 2 aromatic rings. The molecule has 2 N–H and O–H groups in total. The van der Waals surface area contributed by atoms with Gasteiger partial charge in [0.2, 0.25) is 0 Å². The molecule has 2 aromatic heterocycles. The molecule has 1 aliphatic heterocycles. The van der Waals surface area contributed by atoms with Crippen LogP contribution in [0, 0.1) is 0 Å². The van der Waals surface area contributed by atoms with Crippen molar-refractivity contribution in [2.45, 2.75) is 32.7 Å². The zero-order valence-electron chi connectivity index (χ0n) is 13.4. The number of aromatic nitrogens is 3. The summed E-state index contributed by atoms with van der Waals surface area (Å²) >= 11 is 0. The smallest absolute Gasteiger partial charge is 0.333 e. The second kappa shape index (κ2) is 6.78. The van der Waals surface area contributed by atoms with Crippen LogP contribution in [0.15, 0.2) is 25.0 Å². The fourth-order valence-electron chi connectivity index (χ4n) is 2.74. The van der Waals surface area contributed by atoms with Crippen LogP contribution in [-0.2, 0) is 6.54 Å². The highest BCUT2D eigenvalue weighted by Crippen LogP contribution is 2.31. The van der Waals surface area contributed by atoms with Crippen LogP contribution in [0.25, 0.3) is 11.0 Å². The molecule has 3 rings (SSSR count). The van der Waals surface area contributed by atoms with Crippen molar-refractivity contribution in [1.82, 2.24) is 25.1 Å². The van der Waals surface area contributed by atoms with Crippen LogP contribution in [-0.4, -0.2) is 38.9 Å². The number of hydrogen-bond acceptors (Lipinski definition) is 5. The summed E-state index contributed by atoms with van der Waals surface area (Å²) in [7, 11) is 0. The maximum atomic E-state index is 12.1. The van der Waals surface area contributed by atoms with E-state index >= 15 is 0 Å². The van der Waals surface area contributed by atoms with Crippen LogP contribution < -0.4 is 10.7 Å². The number of unbranched alkanes of at least 4 members (excludes halogenated alkanes) is 2. The van der Waals surface area contributed by atoms with Crippen LogP contribution in [0.2, 0.25) is 0 Å². The summed E-state index contributed by atoms with van der Waals surface area (Å²) in [4.78, 5) is 16.5. The zero-order chi connectivity index (χ0) is 16.2. The fraction of sp³-hybridized carbons (Fsp3) is 0.438. The lowest BCUT2D eigenvalue weighted by molar-refractivity contribution is 0.241. The second-order valence-electron chi connectivity index (χ2n) is 5.67. The first-order valence-electron chi connectivity index (χ1n) is 8.01. The van der Waals surface area contributed by atoms with E-state index in [1.54, 1.807) is 12.3 Å². The van der Waals surface area contributed by atoms with E-state index in [-0.39, 0.29) is 6.03 Å². The Morgan fingerprint density at radius 2 is 2.35 bits per heavy atom. The Hall–Kier alpha value is -2.41. The maximum absolute atomic E-state index is 12.1. The Balaban J connectivity index is 1.81. The van der Waals surface area contributed by atoms with Gasteiger partial charge in [-0.15, -0.1) is 6.58 Å². The highest BCUT2D eigenvalue weighted by atomic mass is 16.2. The topological polar surface area (TPSA) is 75.1 Å². The number of rotatable bonds is 6. The third-order valence-electron chi connectivity index (χ3n) is 3.93. The predicted octanol–water partition coefficient (Wildman–Crippen LogP) is 2.51. The number of nitrogens with zero attached hydrogens (tertiary/aromatic N) is 4. The van der Waals surface area contributed by atoms with Gasteiger partial charge in [0, 0.05) is 31.4 Å². The average Bonchev–Trinajstić information content (AvgIpc) is 3.15. The van der Waals surface area contributed by atoms with E-state index in [1.165, 1.54) is 17.5 Å². The average molecular weight is 314 g/mol. The van der Waals surface area contributed by atoms with E-state index in [0.29, 0.717) is 12.2 Å². The minimum atomic E-state index is -0.301. The molecule has 0 saturated heterocycles. The molecule has 1 aliphatic rings. The Labute approximate surface area is 135 Å². The van der Waals surface area contributed by atoms with E-state index in [4.69, 9.17) is 0 Å². The van der Waals surface area contributed by atoms with Gasteiger partial charge in [0.05, 0.1) is 17.3 Å². The molecule has 3 heterocycles. The molecule has 0 bridgehead atoms. The summed E-state index contributed by atoms with van der Waals surface area (Å²) in [5.74, 6) is 0. The number of nitrogens with one attached hydrogen (secondary N) is 2. The molecule has 0 spiro atoms. The van der Waals surface area contributed by atoms with Gasteiger partial charge >= 0.3 is 6.03 Å². The lowest BCUT2D eigenvalue weighted by Crippen LogP contribution is -2.29. The van der Waals surface area contributed by atoms with Crippen molar-refractivity contribution in [3.63, 3.8) is 0 Å². The number of fused-ring (bicyclic) bond motifs is 3. The maximum Gasteiger partial charge on any atom is 0.344 e. The van der Waals surface area contributed by atoms with Gasteiger partial charge in [-0.2, -0.15) is 9.78 Å². The van der Waals surface area contributed by atoms with E-state index < -0.39 is 0 Å². The Morgan fingerprint density at radius 3 is 3.13 bits per heavy atom. The third kappa shape index (κ3) is 3.05. The van der Waals surface area contributed by atoms with E-state index in [9.17, 15) is 4.79 Å². The quantitative estimate of drug-likeness (QED) is 0.633. The molecule has 1 amide bonds. The molecule has 7 heteroatoms. The third-order valence-corrected chi connectivity index (χ3v) is 3.93. The molecule has 0 aromatic carbocycles. The van der Waals surface area contributed by atoms with Gasteiger partial charge in [0.25, 0.3) is 0 Å². The van der Waals surface area contributed by atoms with Gasteiger partial charge in [-0.1, -0.05) is 25.8 Å². The van der Waals surface area contributed by atoms with Gasteiger partial charge in [-0.3, -0.25) is 0 Å². The monoisotopic (exact) mass is 314 g/mol. The highest BCUT2D eigenvalue weighted by Gasteiger charge is 2.23. The first-order chi connectivity index (χ1) is 11.2. The highest BCUT2D eigenvalue weighted by molar-refractivity contribution is 5.95. The molecule has 7 nitrogen and oxygen atoms in total.